The van der Waals surface area contributed by atoms with Crippen molar-refractivity contribution in [1.29, 1.82) is 0 Å². The fourth-order valence-corrected chi connectivity index (χ4v) is 3.39. The van der Waals surface area contributed by atoms with E-state index in [-0.39, 0.29) is 11.8 Å². The van der Waals surface area contributed by atoms with E-state index in [1.807, 2.05) is 24.4 Å². The van der Waals surface area contributed by atoms with Gasteiger partial charge in [-0.2, -0.15) is 0 Å². The number of rotatable bonds is 5. The van der Waals surface area contributed by atoms with E-state index in [1.165, 1.54) is 10.5 Å². The van der Waals surface area contributed by atoms with Gasteiger partial charge in [-0.25, -0.2) is 0 Å². The first kappa shape index (κ1) is 15.8. The number of pyridine rings is 1. The standard InChI is InChI=1S/C19H20N2OS/c22-19(16-6-2-1-3-7-16)21-17-8-10-18(11-9-17)23-14-15-5-4-12-20-13-15/h1-2,4-5,8-13,16H,3,6-7,14H2,(H,21,22). The Bertz CT molecular complexity index is 668. The number of nitrogens with zero attached hydrogens (tertiary/aromatic N) is 1. The van der Waals surface area contributed by atoms with Gasteiger partial charge < -0.3 is 5.32 Å². The summed E-state index contributed by atoms with van der Waals surface area (Å²) in [5.74, 6) is 1.14. The van der Waals surface area contributed by atoms with Crippen molar-refractivity contribution in [2.75, 3.05) is 5.32 Å². The first-order valence-electron chi connectivity index (χ1n) is 7.89. The lowest BCUT2D eigenvalue weighted by Crippen LogP contribution is -2.23. The van der Waals surface area contributed by atoms with E-state index < -0.39 is 0 Å². The van der Waals surface area contributed by atoms with Crippen molar-refractivity contribution >= 4 is 23.4 Å². The monoisotopic (exact) mass is 324 g/mol. The highest BCUT2D eigenvalue weighted by Gasteiger charge is 2.18. The summed E-state index contributed by atoms with van der Waals surface area (Å²) in [5.41, 5.74) is 2.08. The van der Waals surface area contributed by atoms with Gasteiger partial charge >= 0.3 is 0 Å². The highest BCUT2D eigenvalue weighted by molar-refractivity contribution is 7.98. The molecule has 0 aliphatic heterocycles. The molecule has 4 heteroatoms. The summed E-state index contributed by atoms with van der Waals surface area (Å²) in [6, 6.07) is 12.1. The molecule has 1 aliphatic carbocycles. The molecule has 0 spiro atoms. The minimum Gasteiger partial charge on any atom is -0.326 e. The minimum absolute atomic E-state index is 0.111. The van der Waals surface area contributed by atoms with Gasteiger partial charge in [0.05, 0.1) is 0 Å². The lowest BCUT2D eigenvalue weighted by molar-refractivity contribution is -0.120. The van der Waals surface area contributed by atoms with Crippen LogP contribution in [0.4, 0.5) is 5.69 Å². The van der Waals surface area contributed by atoms with E-state index in [4.69, 9.17) is 0 Å². The predicted molar refractivity (Wildman–Crippen MR) is 95.4 cm³/mol. The topological polar surface area (TPSA) is 42.0 Å². The second kappa shape index (κ2) is 7.97. The van der Waals surface area contributed by atoms with Gasteiger partial charge in [0.2, 0.25) is 5.91 Å². The van der Waals surface area contributed by atoms with Crippen LogP contribution in [0.1, 0.15) is 24.8 Å². The summed E-state index contributed by atoms with van der Waals surface area (Å²) in [6.45, 7) is 0. The molecule has 0 radical (unpaired) electrons. The summed E-state index contributed by atoms with van der Waals surface area (Å²) in [4.78, 5) is 17.5. The van der Waals surface area contributed by atoms with Crippen LogP contribution in [-0.4, -0.2) is 10.9 Å². The maximum atomic E-state index is 12.2. The zero-order valence-electron chi connectivity index (χ0n) is 12.9. The van der Waals surface area contributed by atoms with E-state index in [9.17, 15) is 4.79 Å². The van der Waals surface area contributed by atoms with E-state index in [0.29, 0.717) is 0 Å². The van der Waals surface area contributed by atoms with Crippen LogP contribution < -0.4 is 5.32 Å². The SMILES string of the molecule is O=C(Nc1ccc(SCc2cccnc2)cc1)C1CC=CCC1. The number of anilines is 1. The molecule has 3 rings (SSSR count). The van der Waals surface area contributed by atoms with Gasteiger partial charge in [-0.3, -0.25) is 9.78 Å². The van der Waals surface area contributed by atoms with Gasteiger partial charge in [0.25, 0.3) is 0 Å². The number of hydrogen-bond acceptors (Lipinski definition) is 3. The molecular formula is C19H20N2OS. The van der Waals surface area contributed by atoms with Crippen molar-refractivity contribution in [1.82, 2.24) is 4.98 Å². The number of thioether (sulfide) groups is 1. The summed E-state index contributed by atoms with van der Waals surface area (Å²) in [5, 5.41) is 3.02. The third-order valence-electron chi connectivity index (χ3n) is 3.89. The van der Waals surface area contributed by atoms with Crippen molar-refractivity contribution in [2.24, 2.45) is 5.92 Å². The highest BCUT2D eigenvalue weighted by Crippen LogP contribution is 2.25. The Morgan fingerprint density at radius 3 is 2.78 bits per heavy atom. The number of carbonyl (C=O) groups is 1. The van der Waals surface area contributed by atoms with E-state index in [0.717, 1.165) is 30.7 Å². The highest BCUT2D eigenvalue weighted by atomic mass is 32.2. The number of aromatic nitrogens is 1. The fraction of sp³-hybridized carbons (Fsp3) is 0.263. The van der Waals surface area contributed by atoms with Gasteiger partial charge in [0.15, 0.2) is 0 Å². The van der Waals surface area contributed by atoms with E-state index in [2.05, 4.69) is 40.7 Å². The average Bonchev–Trinajstić information content (AvgIpc) is 2.63. The zero-order chi connectivity index (χ0) is 15.9. The maximum Gasteiger partial charge on any atom is 0.227 e. The van der Waals surface area contributed by atoms with Crippen molar-refractivity contribution in [2.45, 2.75) is 29.9 Å². The van der Waals surface area contributed by atoms with Crippen molar-refractivity contribution in [3.63, 3.8) is 0 Å². The first-order valence-corrected chi connectivity index (χ1v) is 8.87. The number of benzene rings is 1. The molecule has 3 nitrogen and oxygen atoms in total. The number of hydrogen-bond donors (Lipinski definition) is 1. The lowest BCUT2D eigenvalue weighted by atomic mass is 9.93. The Balaban J connectivity index is 1.52. The van der Waals surface area contributed by atoms with E-state index >= 15 is 0 Å². The predicted octanol–water partition coefficient (Wildman–Crippen LogP) is 4.67. The Labute approximate surface area is 141 Å². The average molecular weight is 324 g/mol. The van der Waals surface area contributed by atoms with Crippen LogP contribution in [0.25, 0.3) is 0 Å². The normalized spacial score (nSPS) is 17.0. The molecule has 1 N–H and O–H groups in total. The van der Waals surface area contributed by atoms with Crippen LogP contribution in [0.3, 0.4) is 0 Å². The smallest absolute Gasteiger partial charge is 0.227 e. The molecule has 1 atom stereocenters. The Kier molecular flexibility index (Phi) is 5.48. The molecule has 23 heavy (non-hydrogen) atoms. The molecule has 1 aromatic carbocycles. The van der Waals surface area contributed by atoms with Crippen LogP contribution in [0.2, 0.25) is 0 Å². The molecule has 1 aliphatic rings. The largest absolute Gasteiger partial charge is 0.326 e. The van der Waals surface area contributed by atoms with Crippen LogP contribution >= 0.6 is 11.8 Å². The Hall–Kier alpha value is -2.07. The third kappa shape index (κ3) is 4.70. The van der Waals surface area contributed by atoms with Gasteiger partial charge in [0, 0.05) is 34.6 Å². The molecule has 1 aromatic heterocycles. The summed E-state index contributed by atoms with van der Waals surface area (Å²) < 4.78 is 0. The molecular weight excluding hydrogens is 304 g/mol. The zero-order valence-corrected chi connectivity index (χ0v) is 13.8. The molecule has 0 bridgehead atoms. The van der Waals surface area contributed by atoms with Gasteiger partial charge in [-0.15, -0.1) is 11.8 Å². The molecule has 0 saturated carbocycles. The fourth-order valence-electron chi connectivity index (χ4n) is 2.56. The summed E-state index contributed by atoms with van der Waals surface area (Å²) in [6.07, 6.45) is 10.7. The second-order valence-electron chi connectivity index (χ2n) is 5.64. The molecule has 0 saturated heterocycles. The maximum absolute atomic E-state index is 12.2. The molecule has 118 valence electrons. The number of nitrogens with one attached hydrogen (secondary N) is 1. The Morgan fingerprint density at radius 1 is 1.22 bits per heavy atom. The van der Waals surface area contributed by atoms with Crippen molar-refractivity contribution in [3.05, 3.63) is 66.5 Å². The van der Waals surface area contributed by atoms with Crippen molar-refractivity contribution < 1.29 is 4.79 Å². The van der Waals surface area contributed by atoms with Crippen LogP contribution in [-0.2, 0) is 10.5 Å². The first-order chi connectivity index (χ1) is 11.3. The Morgan fingerprint density at radius 2 is 2.09 bits per heavy atom. The lowest BCUT2D eigenvalue weighted by Gasteiger charge is -2.17. The number of amides is 1. The van der Waals surface area contributed by atoms with Crippen molar-refractivity contribution in [3.8, 4) is 0 Å². The number of carbonyl (C=O) groups excluding carboxylic acids is 1. The van der Waals surface area contributed by atoms with E-state index in [1.54, 1.807) is 18.0 Å². The molecule has 2 aromatic rings. The molecule has 0 fully saturated rings. The van der Waals surface area contributed by atoms with Gasteiger partial charge in [-0.1, -0.05) is 18.2 Å². The van der Waals surface area contributed by atoms with Crippen LogP contribution in [0.5, 0.6) is 0 Å². The van der Waals surface area contributed by atoms with Gasteiger partial charge in [0.1, 0.15) is 0 Å². The van der Waals surface area contributed by atoms with Gasteiger partial charge in [-0.05, 0) is 55.2 Å². The van der Waals surface area contributed by atoms with Crippen LogP contribution in [0.15, 0.2) is 65.8 Å². The molecule has 1 heterocycles. The molecule has 1 unspecified atom stereocenters. The quantitative estimate of drug-likeness (QED) is 0.642. The minimum atomic E-state index is 0.111. The summed E-state index contributed by atoms with van der Waals surface area (Å²) >= 11 is 1.77. The molecule has 1 amide bonds. The number of allylic oxidation sites excluding steroid dienone is 2. The third-order valence-corrected chi connectivity index (χ3v) is 4.97. The van der Waals surface area contributed by atoms with Crippen LogP contribution in [0, 0.1) is 5.92 Å². The second-order valence-corrected chi connectivity index (χ2v) is 6.69. The summed E-state index contributed by atoms with van der Waals surface area (Å²) in [7, 11) is 0.